The molecule has 0 aliphatic carbocycles. The van der Waals surface area contributed by atoms with E-state index < -0.39 is 11.4 Å². The van der Waals surface area contributed by atoms with Gasteiger partial charge in [-0.25, -0.2) is 0 Å². The van der Waals surface area contributed by atoms with Crippen molar-refractivity contribution in [1.82, 2.24) is 0 Å². The van der Waals surface area contributed by atoms with Crippen LogP contribution in [0.3, 0.4) is 0 Å². The maximum absolute atomic E-state index is 11.0. The van der Waals surface area contributed by atoms with Gasteiger partial charge in [0.2, 0.25) is 0 Å². The van der Waals surface area contributed by atoms with Crippen molar-refractivity contribution < 1.29 is 15.0 Å². The first kappa shape index (κ1) is 20.4. The summed E-state index contributed by atoms with van der Waals surface area (Å²) in [5, 5.41) is 19.0. The number of unbranched alkanes of at least 4 members (excludes halogenated alkanes) is 2. The highest BCUT2D eigenvalue weighted by atomic mass is 16.4. The summed E-state index contributed by atoms with van der Waals surface area (Å²) in [4.78, 5) is 11.0. The van der Waals surface area contributed by atoms with E-state index in [1.807, 2.05) is 0 Å². The first-order valence-electron chi connectivity index (χ1n) is 8.52. The van der Waals surface area contributed by atoms with E-state index in [1.165, 1.54) is 19.3 Å². The summed E-state index contributed by atoms with van der Waals surface area (Å²) in [5.41, 5.74) is -0.218. The quantitative estimate of drug-likeness (QED) is 0.498. The SMILES string of the molecule is CCC(C)(C)CCCCC(O)CCCCC(C)(C)C(=O)O. The van der Waals surface area contributed by atoms with Crippen molar-refractivity contribution >= 4 is 5.97 Å². The minimum Gasteiger partial charge on any atom is -0.481 e. The first-order valence-corrected chi connectivity index (χ1v) is 8.52. The largest absolute Gasteiger partial charge is 0.481 e. The molecule has 0 bridgehead atoms. The van der Waals surface area contributed by atoms with Crippen molar-refractivity contribution in [3.8, 4) is 0 Å². The van der Waals surface area contributed by atoms with E-state index in [1.54, 1.807) is 13.8 Å². The van der Waals surface area contributed by atoms with Crippen LogP contribution in [0, 0.1) is 10.8 Å². The Bertz CT molecular complexity index is 295. The molecule has 3 heteroatoms. The van der Waals surface area contributed by atoms with E-state index in [4.69, 9.17) is 5.11 Å². The van der Waals surface area contributed by atoms with Gasteiger partial charge in [0.15, 0.2) is 0 Å². The predicted octanol–water partition coefficient (Wildman–Crippen LogP) is 5.02. The molecule has 3 nitrogen and oxygen atoms in total. The summed E-state index contributed by atoms with van der Waals surface area (Å²) in [5.74, 6) is -0.735. The zero-order valence-corrected chi connectivity index (χ0v) is 14.7. The lowest BCUT2D eigenvalue weighted by Gasteiger charge is -2.22. The summed E-state index contributed by atoms with van der Waals surface area (Å²) in [7, 11) is 0. The Morgan fingerprint density at radius 2 is 1.43 bits per heavy atom. The van der Waals surface area contributed by atoms with Crippen LogP contribution in [0.25, 0.3) is 0 Å². The van der Waals surface area contributed by atoms with Crippen molar-refractivity contribution in [1.29, 1.82) is 0 Å². The van der Waals surface area contributed by atoms with Crippen LogP contribution >= 0.6 is 0 Å². The van der Waals surface area contributed by atoms with Crippen molar-refractivity contribution in [3.05, 3.63) is 0 Å². The maximum atomic E-state index is 11.0. The fourth-order valence-corrected chi connectivity index (χ4v) is 2.36. The maximum Gasteiger partial charge on any atom is 0.309 e. The molecule has 1 unspecified atom stereocenters. The molecule has 0 aromatic heterocycles. The van der Waals surface area contributed by atoms with Gasteiger partial charge in [-0.3, -0.25) is 4.79 Å². The third-order valence-electron chi connectivity index (χ3n) is 4.77. The van der Waals surface area contributed by atoms with Crippen LogP contribution in [-0.2, 0) is 4.79 Å². The molecule has 0 aromatic carbocycles. The first-order chi connectivity index (χ1) is 9.60. The Morgan fingerprint density at radius 3 is 1.86 bits per heavy atom. The average Bonchev–Trinajstić information content (AvgIpc) is 2.39. The highest BCUT2D eigenvalue weighted by Crippen LogP contribution is 2.28. The fourth-order valence-electron chi connectivity index (χ4n) is 2.36. The van der Waals surface area contributed by atoms with Gasteiger partial charge in [0.1, 0.15) is 0 Å². The van der Waals surface area contributed by atoms with E-state index >= 15 is 0 Å². The summed E-state index contributed by atoms with van der Waals surface area (Å²) in [6.07, 6.45) is 8.63. The molecule has 0 amide bonds. The van der Waals surface area contributed by atoms with Gasteiger partial charge in [-0.1, -0.05) is 52.9 Å². The van der Waals surface area contributed by atoms with E-state index in [2.05, 4.69) is 20.8 Å². The van der Waals surface area contributed by atoms with E-state index in [0.717, 1.165) is 32.1 Å². The third kappa shape index (κ3) is 9.89. The second kappa shape index (κ2) is 9.45. The Labute approximate surface area is 131 Å². The standard InChI is InChI=1S/C18H36O3/c1-6-17(2,3)13-9-7-11-15(19)12-8-10-14-18(4,5)16(20)21/h15,19H,6-14H2,1-5H3,(H,20,21). The summed E-state index contributed by atoms with van der Waals surface area (Å²) >= 11 is 0. The molecule has 1 atom stereocenters. The normalized spacial score (nSPS) is 14.2. The lowest BCUT2D eigenvalue weighted by molar-refractivity contribution is -0.147. The number of carbonyl (C=O) groups is 1. The van der Waals surface area contributed by atoms with Crippen LogP contribution in [0.2, 0.25) is 0 Å². The highest BCUT2D eigenvalue weighted by Gasteiger charge is 2.26. The van der Waals surface area contributed by atoms with Crippen LogP contribution < -0.4 is 0 Å². The summed E-state index contributed by atoms with van der Waals surface area (Å²) in [6.45, 7) is 10.4. The molecule has 0 aliphatic heterocycles. The van der Waals surface area contributed by atoms with Crippen LogP contribution in [0.1, 0.15) is 92.4 Å². The number of aliphatic hydroxyl groups is 1. The molecule has 0 fully saturated rings. The number of aliphatic hydroxyl groups excluding tert-OH is 1. The molecule has 0 saturated carbocycles. The topological polar surface area (TPSA) is 57.5 Å². The zero-order chi connectivity index (χ0) is 16.5. The summed E-state index contributed by atoms with van der Waals surface area (Å²) in [6, 6.07) is 0. The molecule has 126 valence electrons. The second-order valence-electron chi connectivity index (χ2n) is 7.85. The third-order valence-corrected chi connectivity index (χ3v) is 4.77. The average molecular weight is 300 g/mol. The van der Waals surface area contributed by atoms with Crippen molar-refractivity contribution in [2.45, 2.75) is 98.5 Å². The Hall–Kier alpha value is -0.570. The molecular weight excluding hydrogens is 264 g/mol. The number of carboxylic acids is 1. The van der Waals surface area contributed by atoms with Crippen LogP contribution in [-0.4, -0.2) is 22.3 Å². The minimum atomic E-state index is -0.735. The van der Waals surface area contributed by atoms with E-state index in [0.29, 0.717) is 11.8 Å². The minimum absolute atomic E-state index is 0.220. The number of aliphatic carboxylic acids is 1. The van der Waals surface area contributed by atoms with Crippen LogP contribution in [0.4, 0.5) is 0 Å². The van der Waals surface area contributed by atoms with Crippen LogP contribution in [0.5, 0.6) is 0 Å². The Balaban J connectivity index is 3.64. The number of hydrogen-bond donors (Lipinski definition) is 2. The predicted molar refractivity (Wildman–Crippen MR) is 88.4 cm³/mol. The van der Waals surface area contributed by atoms with Crippen molar-refractivity contribution in [3.63, 3.8) is 0 Å². The lowest BCUT2D eigenvalue weighted by Crippen LogP contribution is -2.23. The Kier molecular flexibility index (Phi) is 9.19. The summed E-state index contributed by atoms with van der Waals surface area (Å²) < 4.78 is 0. The van der Waals surface area contributed by atoms with Crippen molar-refractivity contribution in [2.75, 3.05) is 0 Å². The van der Waals surface area contributed by atoms with Gasteiger partial charge in [-0.2, -0.15) is 0 Å². The van der Waals surface area contributed by atoms with Gasteiger partial charge in [0.25, 0.3) is 0 Å². The lowest BCUT2D eigenvalue weighted by atomic mass is 9.84. The molecule has 0 saturated heterocycles. The molecule has 2 N–H and O–H groups in total. The van der Waals surface area contributed by atoms with Gasteiger partial charge >= 0.3 is 5.97 Å². The number of rotatable bonds is 12. The molecule has 0 rings (SSSR count). The van der Waals surface area contributed by atoms with Crippen molar-refractivity contribution in [2.24, 2.45) is 10.8 Å². The molecule has 0 aliphatic rings. The molecule has 0 spiro atoms. The van der Waals surface area contributed by atoms with E-state index in [9.17, 15) is 9.90 Å². The Morgan fingerprint density at radius 1 is 0.952 bits per heavy atom. The van der Waals surface area contributed by atoms with Crippen LogP contribution in [0.15, 0.2) is 0 Å². The number of carboxylic acid groups (broad SMARTS) is 1. The zero-order valence-electron chi connectivity index (χ0n) is 14.7. The molecule has 21 heavy (non-hydrogen) atoms. The second-order valence-corrected chi connectivity index (χ2v) is 7.85. The van der Waals surface area contributed by atoms with Gasteiger partial charge in [-0.15, -0.1) is 0 Å². The van der Waals surface area contributed by atoms with Gasteiger partial charge < -0.3 is 10.2 Å². The molecule has 0 heterocycles. The molecule has 0 aromatic rings. The number of hydrogen-bond acceptors (Lipinski definition) is 2. The van der Waals surface area contributed by atoms with E-state index in [-0.39, 0.29) is 6.10 Å². The fraction of sp³-hybridized carbons (Fsp3) is 0.944. The smallest absolute Gasteiger partial charge is 0.309 e. The molecule has 0 radical (unpaired) electrons. The van der Waals surface area contributed by atoms with Gasteiger partial charge in [0, 0.05) is 0 Å². The monoisotopic (exact) mass is 300 g/mol. The van der Waals surface area contributed by atoms with Gasteiger partial charge in [0.05, 0.1) is 11.5 Å². The van der Waals surface area contributed by atoms with Gasteiger partial charge in [-0.05, 0) is 44.9 Å². The molecular formula is C18H36O3. The highest BCUT2D eigenvalue weighted by molar-refractivity contribution is 5.73.